The van der Waals surface area contributed by atoms with Crippen LogP contribution in [0.25, 0.3) is 0 Å². The lowest BCUT2D eigenvalue weighted by Gasteiger charge is -2.35. The average Bonchev–Trinajstić information content (AvgIpc) is 2.44. The fourth-order valence-electron chi connectivity index (χ4n) is 2.32. The lowest BCUT2D eigenvalue weighted by molar-refractivity contribution is -0.126. The van der Waals surface area contributed by atoms with E-state index in [1.165, 1.54) is 6.07 Å². The Morgan fingerprint density at radius 1 is 1.55 bits per heavy atom. The first-order valence-electron chi connectivity index (χ1n) is 6.36. The highest BCUT2D eigenvalue weighted by atomic mass is 35.5. The maximum atomic E-state index is 11.9. The van der Waals surface area contributed by atoms with Gasteiger partial charge in [-0.3, -0.25) is 9.69 Å². The van der Waals surface area contributed by atoms with E-state index in [1.807, 2.05) is 4.90 Å². The van der Waals surface area contributed by atoms with Gasteiger partial charge in [-0.1, -0.05) is 23.2 Å². The molecule has 1 aromatic rings. The van der Waals surface area contributed by atoms with E-state index in [9.17, 15) is 9.90 Å². The first-order chi connectivity index (χ1) is 9.52. The predicted molar refractivity (Wildman–Crippen MR) is 79.3 cm³/mol. The summed E-state index contributed by atoms with van der Waals surface area (Å²) >= 11 is 11.9. The number of phenolic OH excluding ortho intramolecular Hbond substituents is 1. The summed E-state index contributed by atoms with van der Waals surface area (Å²) in [7, 11) is 1.61. The van der Waals surface area contributed by atoms with Crippen LogP contribution in [0.15, 0.2) is 12.1 Å². The maximum Gasteiger partial charge on any atom is 0.238 e. The molecule has 2 rings (SSSR count). The number of carbonyl (C=O) groups is 1. The Balaban J connectivity index is 2.21. The second-order valence-corrected chi connectivity index (χ2v) is 5.54. The van der Waals surface area contributed by atoms with Gasteiger partial charge in [0.05, 0.1) is 5.02 Å². The summed E-state index contributed by atoms with van der Waals surface area (Å²) in [6.07, 6.45) is 0. The zero-order valence-corrected chi connectivity index (χ0v) is 12.6. The lowest BCUT2D eigenvalue weighted by Crippen LogP contribution is -2.56. The number of nitrogens with zero attached hydrogens (tertiary/aromatic N) is 1. The molecule has 1 aliphatic rings. The number of piperazine rings is 1. The molecule has 1 atom stereocenters. The standard InChI is InChI=1S/C13H17Cl2N3O2/c1-16-13(20)11-6-17-2-3-18(11)7-8-4-9(14)5-10(15)12(8)19/h4-5,11,17,19H,2-3,6-7H2,1H3,(H,16,20). The minimum absolute atomic E-state index is 0.0188. The van der Waals surface area contributed by atoms with Gasteiger partial charge < -0.3 is 15.7 Å². The topological polar surface area (TPSA) is 64.6 Å². The van der Waals surface area contributed by atoms with Crippen molar-refractivity contribution in [1.82, 2.24) is 15.5 Å². The Morgan fingerprint density at radius 2 is 2.30 bits per heavy atom. The van der Waals surface area contributed by atoms with Crippen molar-refractivity contribution in [3.8, 4) is 5.75 Å². The second kappa shape index (κ2) is 6.63. The molecule has 1 aromatic carbocycles. The molecule has 20 heavy (non-hydrogen) atoms. The van der Waals surface area contributed by atoms with Crippen LogP contribution in [0.4, 0.5) is 0 Å². The quantitative estimate of drug-likeness (QED) is 0.784. The summed E-state index contributed by atoms with van der Waals surface area (Å²) in [6.45, 7) is 2.50. The van der Waals surface area contributed by atoms with Crippen LogP contribution in [0.5, 0.6) is 5.75 Å². The van der Waals surface area contributed by atoms with Crippen molar-refractivity contribution >= 4 is 29.1 Å². The number of amides is 1. The van der Waals surface area contributed by atoms with Crippen LogP contribution in [0, 0.1) is 0 Å². The van der Waals surface area contributed by atoms with Crippen molar-refractivity contribution in [3.63, 3.8) is 0 Å². The van der Waals surface area contributed by atoms with Gasteiger partial charge in [0.15, 0.2) is 0 Å². The third-order valence-electron chi connectivity index (χ3n) is 3.38. The van der Waals surface area contributed by atoms with Crippen LogP contribution in [-0.4, -0.2) is 48.6 Å². The van der Waals surface area contributed by atoms with E-state index in [0.717, 1.165) is 6.54 Å². The molecule has 110 valence electrons. The summed E-state index contributed by atoms with van der Waals surface area (Å²) in [5, 5.41) is 16.5. The van der Waals surface area contributed by atoms with Crippen LogP contribution < -0.4 is 10.6 Å². The number of benzene rings is 1. The fourth-order valence-corrected chi connectivity index (χ4v) is 2.85. The van der Waals surface area contributed by atoms with Gasteiger partial charge in [0.2, 0.25) is 5.91 Å². The van der Waals surface area contributed by atoms with Crippen LogP contribution in [0.2, 0.25) is 10.0 Å². The molecule has 1 saturated heterocycles. The normalized spacial score (nSPS) is 19.9. The molecule has 1 amide bonds. The smallest absolute Gasteiger partial charge is 0.238 e. The average molecular weight is 318 g/mol. The molecule has 1 aliphatic heterocycles. The van der Waals surface area contributed by atoms with Gasteiger partial charge in [-0.05, 0) is 12.1 Å². The molecule has 1 heterocycles. The van der Waals surface area contributed by atoms with Crippen molar-refractivity contribution in [1.29, 1.82) is 0 Å². The van der Waals surface area contributed by atoms with Crippen molar-refractivity contribution in [2.75, 3.05) is 26.7 Å². The van der Waals surface area contributed by atoms with Crippen molar-refractivity contribution in [3.05, 3.63) is 27.7 Å². The highest BCUT2D eigenvalue weighted by molar-refractivity contribution is 6.35. The number of rotatable bonds is 3. The SMILES string of the molecule is CNC(=O)C1CNCCN1Cc1cc(Cl)cc(Cl)c1O. The minimum Gasteiger partial charge on any atom is -0.506 e. The van der Waals surface area contributed by atoms with Gasteiger partial charge in [0.25, 0.3) is 0 Å². The number of nitrogens with one attached hydrogen (secondary N) is 2. The van der Waals surface area contributed by atoms with E-state index in [0.29, 0.717) is 30.2 Å². The number of hydrogen-bond acceptors (Lipinski definition) is 4. The monoisotopic (exact) mass is 317 g/mol. The molecule has 5 nitrogen and oxygen atoms in total. The van der Waals surface area contributed by atoms with Gasteiger partial charge in [-0.2, -0.15) is 0 Å². The van der Waals surface area contributed by atoms with Crippen LogP contribution >= 0.6 is 23.2 Å². The summed E-state index contributed by atoms with van der Waals surface area (Å²) in [5.41, 5.74) is 0.623. The van der Waals surface area contributed by atoms with E-state index in [2.05, 4.69) is 10.6 Å². The molecule has 1 fully saturated rings. The van der Waals surface area contributed by atoms with Gasteiger partial charge in [-0.15, -0.1) is 0 Å². The number of halogens is 2. The van der Waals surface area contributed by atoms with Crippen molar-refractivity contribution < 1.29 is 9.90 Å². The number of hydrogen-bond donors (Lipinski definition) is 3. The van der Waals surface area contributed by atoms with E-state index in [1.54, 1.807) is 13.1 Å². The Bertz CT molecular complexity index is 511. The van der Waals surface area contributed by atoms with Gasteiger partial charge in [0.1, 0.15) is 11.8 Å². The van der Waals surface area contributed by atoms with Crippen molar-refractivity contribution in [2.45, 2.75) is 12.6 Å². The molecule has 7 heteroatoms. The zero-order valence-electron chi connectivity index (χ0n) is 11.1. The van der Waals surface area contributed by atoms with E-state index >= 15 is 0 Å². The number of likely N-dealkylation sites (N-methyl/N-ethyl adjacent to an activating group) is 1. The summed E-state index contributed by atoms with van der Waals surface area (Å²) < 4.78 is 0. The third kappa shape index (κ3) is 3.35. The second-order valence-electron chi connectivity index (χ2n) is 4.70. The summed E-state index contributed by atoms with van der Waals surface area (Å²) in [5.74, 6) is -0.0323. The number of aromatic hydroxyl groups is 1. The highest BCUT2D eigenvalue weighted by Crippen LogP contribution is 2.32. The van der Waals surface area contributed by atoms with E-state index < -0.39 is 0 Å². The maximum absolute atomic E-state index is 11.9. The number of phenols is 1. The van der Waals surface area contributed by atoms with Crippen LogP contribution in [0.1, 0.15) is 5.56 Å². The first-order valence-corrected chi connectivity index (χ1v) is 7.11. The lowest BCUT2D eigenvalue weighted by atomic mass is 10.1. The fraction of sp³-hybridized carbons (Fsp3) is 0.462. The summed E-state index contributed by atoms with van der Waals surface area (Å²) in [6, 6.07) is 2.90. The Kier molecular flexibility index (Phi) is 5.10. The molecule has 0 radical (unpaired) electrons. The molecule has 0 aliphatic carbocycles. The Morgan fingerprint density at radius 3 is 3.00 bits per heavy atom. The van der Waals surface area contributed by atoms with Crippen LogP contribution in [0.3, 0.4) is 0 Å². The molecular formula is C13H17Cl2N3O2. The molecule has 0 bridgehead atoms. The molecule has 0 saturated carbocycles. The predicted octanol–water partition coefficient (Wildman–Crippen LogP) is 1.22. The third-order valence-corrected chi connectivity index (χ3v) is 3.89. The summed E-state index contributed by atoms with van der Waals surface area (Å²) in [4.78, 5) is 13.9. The highest BCUT2D eigenvalue weighted by Gasteiger charge is 2.28. The first kappa shape index (κ1) is 15.4. The molecule has 1 unspecified atom stereocenters. The Hall–Kier alpha value is -1.01. The van der Waals surface area contributed by atoms with E-state index in [4.69, 9.17) is 23.2 Å². The zero-order chi connectivity index (χ0) is 14.7. The van der Waals surface area contributed by atoms with Gasteiger partial charge in [-0.25, -0.2) is 0 Å². The van der Waals surface area contributed by atoms with Crippen LogP contribution in [-0.2, 0) is 11.3 Å². The van der Waals surface area contributed by atoms with Gasteiger partial charge in [0, 0.05) is 43.8 Å². The van der Waals surface area contributed by atoms with Gasteiger partial charge >= 0.3 is 0 Å². The minimum atomic E-state index is -0.272. The van der Waals surface area contributed by atoms with Crippen molar-refractivity contribution in [2.24, 2.45) is 0 Å². The van der Waals surface area contributed by atoms with E-state index in [-0.39, 0.29) is 22.7 Å². The molecule has 0 aromatic heterocycles. The molecule has 3 N–H and O–H groups in total. The molecular weight excluding hydrogens is 301 g/mol. The Labute approximate surface area is 127 Å². The number of carbonyl (C=O) groups excluding carboxylic acids is 1. The largest absolute Gasteiger partial charge is 0.506 e. The molecule has 0 spiro atoms.